The largest absolute Gasteiger partial charge is 0.485 e. The number of amides is 1. The number of aromatic amines is 1. The molecule has 7 nitrogen and oxygen atoms in total. The lowest BCUT2D eigenvalue weighted by atomic mass is 10.1. The van der Waals surface area contributed by atoms with E-state index in [9.17, 15) is 9.59 Å². The van der Waals surface area contributed by atoms with Crippen molar-refractivity contribution in [2.45, 2.75) is 13.5 Å². The van der Waals surface area contributed by atoms with Gasteiger partial charge in [-0.1, -0.05) is 23.8 Å². The number of pyridine rings is 3. The molecule has 0 saturated heterocycles. The highest BCUT2D eigenvalue weighted by Gasteiger charge is 2.15. The number of aromatic nitrogens is 3. The molecule has 154 valence electrons. The van der Waals surface area contributed by atoms with Crippen molar-refractivity contribution in [3.63, 3.8) is 0 Å². The van der Waals surface area contributed by atoms with E-state index in [0.29, 0.717) is 18.1 Å². The van der Waals surface area contributed by atoms with Gasteiger partial charge in [0.1, 0.15) is 12.2 Å². The van der Waals surface area contributed by atoms with Gasteiger partial charge in [-0.25, -0.2) is 4.98 Å². The number of anilines is 1. The molecule has 31 heavy (non-hydrogen) atoms. The quantitative estimate of drug-likeness (QED) is 0.499. The number of nitrogens with zero attached hydrogens (tertiary/aromatic N) is 2. The van der Waals surface area contributed by atoms with Gasteiger partial charge < -0.3 is 15.0 Å². The Hall–Kier alpha value is -4.26. The van der Waals surface area contributed by atoms with Crippen LogP contribution in [0.2, 0.25) is 0 Å². The average molecular weight is 412 g/mol. The molecule has 1 aromatic carbocycles. The Morgan fingerprint density at radius 2 is 1.87 bits per heavy atom. The smallest absolute Gasteiger partial charge is 0.262 e. The lowest BCUT2D eigenvalue weighted by Crippen LogP contribution is -2.23. The summed E-state index contributed by atoms with van der Waals surface area (Å²) < 4.78 is 5.79. The van der Waals surface area contributed by atoms with E-state index in [1.807, 2.05) is 43.3 Å². The van der Waals surface area contributed by atoms with Crippen LogP contribution < -0.4 is 15.6 Å². The van der Waals surface area contributed by atoms with E-state index in [-0.39, 0.29) is 11.4 Å². The molecule has 3 aromatic heterocycles. The highest BCUT2D eigenvalue weighted by Crippen LogP contribution is 2.23. The maximum absolute atomic E-state index is 12.7. The molecule has 0 aliphatic rings. The zero-order valence-electron chi connectivity index (χ0n) is 16.8. The van der Waals surface area contributed by atoms with E-state index in [1.54, 1.807) is 36.8 Å². The van der Waals surface area contributed by atoms with Crippen molar-refractivity contribution in [2.75, 3.05) is 5.32 Å². The number of benzene rings is 1. The zero-order chi connectivity index (χ0) is 21.6. The average Bonchev–Trinajstić information content (AvgIpc) is 2.79. The molecular formula is C24H20N4O3. The van der Waals surface area contributed by atoms with Crippen molar-refractivity contribution < 1.29 is 9.53 Å². The predicted molar refractivity (Wildman–Crippen MR) is 118 cm³/mol. The van der Waals surface area contributed by atoms with Crippen molar-refractivity contribution in [3.05, 3.63) is 106 Å². The number of H-pyrrole nitrogens is 1. The molecule has 2 N–H and O–H groups in total. The van der Waals surface area contributed by atoms with E-state index in [2.05, 4.69) is 20.3 Å². The third-order valence-corrected chi connectivity index (χ3v) is 4.63. The topological polar surface area (TPSA) is 97.0 Å². The number of carbonyl (C=O) groups excluding carboxylic acids is 1. The Kier molecular flexibility index (Phi) is 5.84. The monoisotopic (exact) mass is 412 g/mol. The Morgan fingerprint density at radius 3 is 2.65 bits per heavy atom. The Morgan fingerprint density at radius 1 is 1.03 bits per heavy atom. The summed E-state index contributed by atoms with van der Waals surface area (Å²) in [5, 5.41) is 2.66. The second kappa shape index (κ2) is 9.04. The number of hydrogen-bond acceptors (Lipinski definition) is 5. The minimum atomic E-state index is -0.565. The van der Waals surface area contributed by atoms with Crippen LogP contribution in [0.5, 0.6) is 5.75 Å². The van der Waals surface area contributed by atoms with Gasteiger partial charge in [-0.3, -0.25) is 14.6 Å². The van der Waals surface area contributed by atoms with Gasteiger partial charge in [0.15, 0.2) is 11.6 Å². The van der Waals surface area contributed by atoms with Gasteiger partial charge in [0.05, 0.1) is 0 Å². The Bertz CT molecular complexity index is 1270. The fraction of sp³-hybridized carbons (Fsp3) is 0.0833. The number of aryl methyl sites for hydroxylation is 1. The van der Waals surface area contributed by atoms with E-state index in [4.69, 9.17) is 4.74 Å². The molecule has 0 unspecified atom stereocenters. The van der Waals surface area contributed by atoms with Crippen LogP contribution in [0.25, 0.3) is 11.3 Å². The summed E-state index contributed by atoms with van der Waals surface area (Å²) in [6, 6.07) is 18.1. The van der Waals surface area contributed by atoms with Crippen molar-refractivity contribution >= 4 is 11.7 Å². The van der Waals surface area contributed by atoms with Crippen LogP contribution in [-0.4, -0.2) is 20.9 Å². The van der Waals surface area contributed by atoms with E-state index in [0.717, 1.165) is 16.7 Å². The summed E-state index contributed by atoms with van der Waals surface area (Å²) in [6.07, 6.45) is 4.90. The van der Waals surface area contributed by atoms with Crippen LogP contribution >= 0.6 is 0 Å². The van der Waals surface area contributed by atoms with Crippen LogP contribution in [0.3, 0.4) is 0 Å². The van der Waals surface area contributed by atoms with Gasteiger partial charge in [0, 0.05) is 24.3 Å². The van der Waals surface area contributed by atoms with Gasteiger partial charge in [0.2, 0.25) is 0 Å². The first-order valence-corrected chi connectivity index (χ1v) is 9.68. The van der Waals surface area contributed by atoms with Gasteiger partial charge in [-0.15, -0.1) is 0 Å². The van der Waals surface area contributed by atoms with Crippen LogP contribution in [0, 0.1) is 6.92 Å². The van der Waals surface area contributed by atoms with Crippen LogP contribution in [0.4, 0.5) is 5.82 Å². The second-order valence-corrected chi connectivity index (χ2v) is 6.93. The summed E-state index contributed by atoms with van der Waals surface area (Å²) in [4.78, 5) is 36.2. The number of ether oxygens (including phenoxy) is 1. The molecule has 0 fully saturated rings. The lowest BCUT2D eigenvalue weighted by Gasteiger charge is -2.11. The van der Waals surface area contributed by atoms with Gasteiger partial charge >= 0.3 is 0 Å². The first kappa shape index (κ1) is 20.0. The molecular weight excluding hydrogens is 392 g/mol. The minimum absolute atomic E-state index is 0.0119. The van der Waals surface area contributed by atoms with Gasteiger partial charge in [0.25, 0.3) is 11.5 Å². The third-order valence-electron chi connectivity index (χ3n) is 4.63. The maximum atomic E-state index is 12.7. The minimum Gasteiger partial charge on any atom is -0.485 e. The molecule has 0 aliphatic carbocycles. The number of rotatable bonds is 6. The number of hydrogen-bond donors (Lipinski definition) is 2. The van der Waals surface area contributed by atoms with Gasteiger partial charge in [-0.2, -0.15) is 0 Å². The zero-order valence-corrected chi connectivity index (χ0v) is 16.8. The van der Waals surface area contributed by atoms with E-state index >= 15 is 0 Å². The maximum Gasteiger partial charge on any atom is 0.262 e. The van der Waals surface area contributed by atoms with Crippen molar-refractivity contribution in [2.24, 2.45) is 0 Å². The first-order valence-electron chi connectivity index (χ1n) is 9.68. The predicted octanol–water partition coefficient (Wildman–Crippen LogP) is 3.97. The highest BCUT2D eigenvalue weighted by atomic mass is 16.5. The van der Waals surface area contributed by atoms with Crippen molar-refractivity contribution in [3.8, 4) is 17.0 Å². The first-order chi connectivity index (χ1) is 15.1. The SMILES string of the molecule is Cc1cccc(-c2ccc(C(=O)Nc3ncccc3OCc3ccncc3)c(=O)[nH]2)c1. The summed E-state index contributed by atoms with van der Waals surface area (Å²) >= 11 is 0. The molecule has 0 spiro atoms. The third kappa shape index (κ3) is 4.84. The Balaban J connectivity index is 1.51. The summed E-state index contributed by atoms with van der Waals surface area (Å²) in [6.45, 7) is 2.27. The molecule has 4 aromatic rings. The van der Waals surface area contributed by atoms with Crippen LogP contribution in [0.15, 0.2) is 84.0 Å². The van der Waals surface area contributed by atoms with Gasteiger partial charge in [-0.05, 0) is 60.5 Å². The summed E-state index contributed by atoms with van der Waals surface area (Å²) in [7, 11) is 0. The fourth-order valence-electron chi connectivity index (χ4n) is 3.05. The highest BCUT2D eigenvalue weighted by molar-refractivity contribution is 6.04. The van der Waals surface area contributed by atoms with Crippen LogP contribution in [0.1, 0.15) is 21.5 Å². The number of nitrogens with one attached hydrogen (secondary N) is 2. The normalized spacial score (nSPS) is 10.5. The summed E-state index contributed by atoms with van der Waals surface area (Å²) in [5.74, 6) is 0.0775. The lowest BCUT2D eigenvalue weighted by molar-refractivity contribution is 0.102. The number of carbonyl (C=O) groups is 1. The molecule has 3 heterocycles. The van der Waals surface area contributed by atoms with E-state index < -0.39 is 11.5 Å². The second-order valence-electron chi connectivity index (χ2n) is 6.93. The molecule has 4 rings (SSSR count). The molecule has 0 radical (unpaired) electrons. The molecule has 0 saturated carbocycles. The molecule has 0 aliphatic heterocycles. The molecule has 7 heteroatoms. The van der Waals surface area contributed by atoms with E-state index in [1.165, 1.54) is 6.07 Å². The Labute approximate surface area is 178 Å². The van der Waals surface area contributed by atoms with Crippen molar-refractivity contribution in [1.82, 2.24) is 15.0 Å². The fourth-order valence-corrected chi connectivity index (χ4v) is 3.05. The standard InChI is InChI=1S/C24H20N4O3/c1-16-4-2-5-18(14-16)20-8-7-19(23(29)27-20)24(30)28-22-21(6-3-11-26-22)31-15-17-9-12-25-13-10-17/h2-14H,15H2,1H3,(H,27,29)(H,26,28,30). The molecule has 1 amide bonds. The summed E-state index contributed by atoms with van der Waals surface area (Å²) in [5.41, 5.74) is 3.04. The molecule has 0 atom stereocenters. The van der Waals surface area contributed by atoms with Crippen molar-refractivity contribution in [1.29, 1.82) is 0 Å². The molecule has 0 bridgehead atoms. The van der Waals surface area contributed by atoms with Crippen LogP contribution in [-0.2, 0) is 6.61 Å².